The van der Waals surface area contributed by atoms with E-state index in [1.165, 1.54) is 5.57 Å². The first-order chi connectivity index (χ1) is 17.5. The molecule has 0 saturated carbocycles. The van der Waals surface area contributed by atoms with E-state index in [-0.39, 0.29) is 42.3 Å². The lowest BCUT2D eigenvalue weighted by Crippen LogP contribution is -2.57. The Kier molecular flexibility index (Phi) is 8.44. The number of carbonyl (C=O) groups excluding carboxylic acids is 1. The van der Waals surface area contributed by atoms with Crippen molar-refractivity contribution in [3.8, 4) is 11.5 Å². The molecular weight excluding hydrogens is 470 g/mol. The maximum absolute atomic E-state index is 12.8. The van der Waals surface area contributed by atoms with Crippen LogP contribution in [0.5, 0.6) is 11.5 Å². The Labute approximate surface area is 222 Å². The molecule has 0 unspecified atom stereocenters. The fourth-order valence-corrected chi connectivity index (χ4v) is 5.90. The van der Waals surface area contributed by atoms with Crippen LogP contribution >= 0.6 is 0 Å². The molecule has 0 radical (unpaired) electrons. The zero-order valence-corrected chi connectivity index (χ0v) is 23.4. The Balaban J connectivity index is 1.58. The molecule has 0 aliphatic carbocycles. The average Bonchev–Trinajstić information content (AvgIpc) is 2.82. The molecule has 37 heavy (non-hydrogen) atoms. The minimum Gasteiger partial charge on any atom is -0.493 e. The van der Waals surface area contributed by atoms with E-state index in [0.29, 0.717) is 26.1 Å². The number of hydrogen-bond acceptors (Lipinski definition) is 6. The van der Waals surface area contributed by atoms with E-state index in [1.807, 2.05) is 37.8 Å². The minimum atomic E-state index is -0.510. The van der Waals surface area contributed by atoms with Gasteiger partial charge in [0.25, 0.3) is 0 Å². The smallest absolute Gasteiger partial charge is 0.410 e. The van der Waals surface area contributed by atoms with Gasteiger partial charge < -0.3 is 29.0 Å². The van der Waals surface area contributed by atoms with E-state index in [4.69, 9.17) is 24.1 Å². The first-order valence-electron chi connectivity index (χ1n) is 13.8. The van der Waals surface area contributed by atoms with Gasteiger partial charge in [-0.25, -0.2) is 4.79 Å². The number of carbonyl (C=O) groups is 1. The summed E-state index contributed by atoms with van der Waals surface area (Å²) in [5, 5.41) is 9.12. The molecule has 0 aromatic heterocycles. The Bertz CT molecular complexity index is 981. The number of aliphatic hydroxyl groups is 1. The lowest BCUT2D eigenvalue weighted by Gasteiger charge is -2.54. The van der Waals surface area contributed by atoms with Gasteiger partial charge in [-0.1, -0.05) is 11.6 Å². The number of nitrogens with zero attached hydrogens (tertiary/aromatic N) is 1. The van der Waals surface area contributed by atoms with Gasteiger partial charge in [-0.2, -0.15) is 0 Å². The molecule has 5 atom stereocenters. The highest BCUT2D eigenvalue weighted by atomic mass is 16.6. The summed E-state index contributed by atoms with van der Waals surface area (Å²) in [6, 6.07) is 5.99. The van der Waals surface area contributed by atoms with Gasteiger partial charge in [0, 0.05) is 43.5 Å². The van der Waals surface area contributed by atoms with Crippen molar-refractivity contribution in [2.75, 3.05) is 26.3 Å². The number of hydrogen-bond donors (Lipinski definition) is 1. The van der Waals surface area contributed by atoms with Gasteiger partial charge in [0.15, 0.2) is 0 Å². The number of allylic oxidation sites excluding steroid dienone is 2. The van der Waals surface area contributed by atoms with Crippen molar-refractivity contribution in [3.05, 3.63) is 35.4 Å². The van der Waals surface area contributed by atoms with Crippen LogP contribution in [0.25, 0.3) is 0 Å². The normalized spacial score (nSPS) is 28.8. The number of ether oxygens (including phenoxy) is 4. The van der Waals surface area contributed by atoms with Gasteiger partial charge in [-0.15, -0.1) is 0 Å². The molecule has 3 heterocycles. The molecule has 3 aliphatic rings. The molecule has 2 saturated heterocycles. The highest BCUT2D eigenvalue weighted by Gasteiger charge is 2.53. The van der Waals surface area contributed by atoms with E-state index in [2.05, 4.69) is 32.9 Å². The van der Waals surface area contributed by atoms with Crippen molar-refractivity contribution in [2.24, 2.45) is 11.8 Å². The molecule has 7 nitrogen and oxygen atoms in total. The fourth-order valence-electron chi connectivity index (χ4n) is 5.90. The summed E-state index contributed by atoms with van der Waals surface area (Å²) in [4.78, 5) is 14.7. The number of fused-ring (bicyclic) bond motifs is 4. The third-order valence-corrected chi connectivity index (χ3v) is 7.74. The molecule has 7 heteroatoms. The number of piperidine rings is 1. The van der Waals surface area contributed by atoms with Gasteiger partial charge in [0.1, 0.15) is 22.7 Å². The van der Waals surface area contributed by atoms with Crippen LogP contribution in [0.3, 0.4) is 0 Å². The zero-order chi connectivity index (χ0) is 26.8. The van der Waals surface area contributed by atoms with E-state index in [1.54, 1.807) is 0 Å². The SMILES string of the molecule is CC(C)=CCC[C@@]1(C)Oc2ccc(OCCCO)cc2[C@H]2O[C@H]3CCN(C(=O)OC(C)(C)C)C[C@@H]3C[C@@H]21. The number of rotatable bonds is 7. The number of aliphatic hydroxyl groups excluding tert-OH is 1. The highest BCUT2D eigenvalue weighted by molar-refractivity contribution is 5.68. The lowest BCUT2D eigenvalue weighted by molar-refractivity contribution is -0.191. The molecule has 1 aromatic carbocycles. The molecule has 3 aliphatic heterocycles. The van der Waals surface area contributed by atoms with Gasteiger partial charge >= 0.3 is 6.09 Å². The molecule has 1 aromatic rings. The van der Waals surface area contributed by atoms with E-state index >= 15 is 0 Å². The van der Waals surface area contributed by atoms with Crippen LogP contribution in [-0.4, -0.2) is 59.7 Å². The monoisotopic (exact) mass is 515 g/mol. The summed E-state index contributed by atoms with van der Waals surface area (Å²) < 4.78 is 25.2. The van der Waals surface area contributed by atoms with Crippen molar-refractivity contribution in [1.29, 1.82) is 0 Å². The quantitative estimate of drug-likeness (QED) is 0.352. The highest BCUT2D eigenvalue weighted by Crippen LogP contribution is 2.55. The summed E-state index contributed by atoms with van der Waals surface area (Å²) in [7, 11) is 0. The maximum atomic E-state index is 12.8. The van der Waals surface area contributed by atoms with Gasteiger partial charge in [0.05, 0.1) is 18.8 Å². The van der Waals surface area contributed by atoms with Crippen molar-refractivity contribution in [2.45, 2.75) is 97.1 Å². The van der Waals surface area contributed by atoms with Crippen LogP contribution in [0.1, 0.15) is 85.3 Å². The van der Waals surface area contributed by atoms with E-state index < -0.39 is 5.60 Å². The molecular formula is C30H45NO6. The standard InChI is InChI=1S/C30H45NO6/c1-20(2)9-7-13-30(6)24-17-21-19-31(28(33)37-29(3,4)5)14-12-25(21)35-27(24)23-18-22(34-16-8-15-32)10-11-26(23)36-30/h9-11,18,21,24-25,27,32H,7-8,12-17,19H2,1-6H3/t21-,24-,25-,27+,30+/m0/s1. The molecule has 0 bridgehead atoms. The van der Waals surface area contributed by atoms with Crippen molar-refractivity contribution < 1.29 is 28.8 Å². The molecule has 0 spiro atoms. The van der Waals surface area contributed by atoms with Crippen LogP contribution in [0, 0.1) is 11.8 Å². The molecule has 4 rings (SSSR count). The van der Waals surface area contributed by atoms with E-state index in [9.17, 15) is 4.79 Å². The first kappa shape index (κ1) is 27.8. The van der Waals surface area contributed by atoms with Crippen LogP contribution in [-0.2, 0) is 9.47 Å². The van der Waals surface area contributed by atoms with Gasteiger partial charge in [-0.05, 0) is 85.4 Å². The maximum Gasteiger partial charge on any atom is 0.410 e. The second kappa shape index (κ2) is 11.2. The van der Waals surface area contributed by atoms with Crippen LogP contribution in [0.15, 0.2) is 29.8 Å². The third kappa shape index (κ3) is 6.61. The summed E-state index contributed by atoms with van der Waals surface area (Å²) in [5.74, 6) is 2.02. The third-order valence-electron chi connectivity index (χ3n) is 7.74. The summed E-state index contributed by atoms with van der Waals surface area (Å²) in [5.41, 5.74) is 1.45. The van der Waals surface area contributed by atoms with Gasteiger partial charge in [0.2, 0.25) is 0 Å². The van der Waals surface area contributed by atoms with Crippen LogP contribution in [0.4, 0.5) is 4.79 Å². The Morgan fingerprint density at radius 2 is 2.08 bits per heavy atom. The predicted octanol–water partition coefficient (Wildman–Crippen LogP) is 6.05. The zero-order valence-electron chi connectivity index (χ0n) is 23.4. The summed E-state index contributed by atoms with van der Waals surface area (Å²) >= 11 is 0. The lowest BCUT2D eigenvalue weighted by atomic mass is 9.68. The minimum absolute atomic E-state index is 0.0869. The number of amides is 1. The molecule has 1 amide bonds. The Hall–Kier alpha value is -2.25. The topological polar surface area (TPSA) is 77.5 Å². The molecule has 1 N–H and O–H groups in total. The van der Waals surface area contributed by atoms with Crippen molar-refractivity contribution in [3.63, 3.8) is 0 Å². The second-order valence-corrected chi connectivity index (χ2v) is 12.3. The Morgan fingerprint density at radius 1 is 1.30 bits per heavy atom. The summed E-state index contributed by atoms with van der Waals surface area (Å²) in [6.45, 7) is 14.0. The van der Waals surface area contributed by atoms with Crippen LogP contribution < -0.4 is 9.47 Å². The van der Waals surface area contributed by atoms with E-state index in [0.717, 1.165) is 42.7 Å². The molecule has 206 valence electrons. The van der Waals surface area contributed by atoms with Gasteiger partial charge in [-0.3, -0.25) is 0 Å². The largest absolute Gasteiger partial charge is 0.493 e. The average molecular weight is 516 g/mol. The predicted molar refractivity (Wildman–Crippen MR) is 143 cm³/mol. The number of benzene rings is 1. The van der Waals surface area contributed by atoms with Crippen molar-refractivity contribution in [1.82, 2.24) is 4.90 Å². The first-order valence-corrected chi connectivity index (χ1v) is 13.8. The summed E-state index contributed by atoms with van der Waals surface area (Å²) in [6.07, 6.45) is 6.18. The number of likely N-dealkylation sites (tertiary alicyclic amines) is 1. The Morgan fingerprint density at radius 3 is 2.78 bits per heavy atom. The van der Waals surface area contributed by atoms with Crippen molar-refractivity contribution >= 4 is 6.09 Å². The fraction of sp³-hybridized carbons (Fsp3) is 0.700. The molecule has 2 fully saturated rings. The second-order valence-electron chi connectivity index (χ2n) is 12.3. The van der Waals surface area contributed by atoms with Crippen LogP contribution in [0.2, 0.25) is 0 Å².